The molecule has 33 heavy (non-hydrogen) atoms. The molecule has 0 spiro atoms. The van der Waals surface area contributed by atoms with Crippen LogP contribution < -0.4 is 9.73 Å². The second kappa shape index (κ2) is 10.1. The Kier molecular flexibility index (Phi) is 7.62. The maximum absolute atomic E-state index is 12.6. The van der Waals surface area contributed by atoms with Crippen LogP contribution in [0.25, 0.3) is 0 Å². The molecule has 0 heterocycles. The molecule has 1 amide bonds. The van der Waals surface area contributed by atoms with E-state index in [2.05, 4.69) is 31.3 Å². The Labute approximate surface area is 198 Å². The first-order valence-electron chi connectivity index (χ1n) is 11.4. The molecule has 2 aromatic rings. The van der Waals surface area contributed by atoms with Gasteiger partial charge in [0.2, 0.25) is 10.0 Å². The smallest absolute Gasteiger partial charge is 0.267 e. The predicted octanol–water partition coefficient (Wildman–Crippen LogP) is 5.28. The first kappa shape index (κ1) is 25.0. The Morgan fingerprint density at radius 3 is 2.21 bits per heavy atom. The summed E-state index contributed by atoms with van der Waals surface area (Å²) in [7, 11) is -3.49. The van der Waals surface area contributed by atoms with Crippen LogP contribution in [0.4, 0.5) is 5.69 Å². The summed E-state index contributed by atoms with van der Waals surface area (Å²) < 4.78 is 26.3. The summed E-state index contributed by atoms with van der Waals surface area (Å²) in [5.41, 5.74) is 6.91. The number of rotatable bonds is 6. The number of sulfonamides is 1. The van der Waals surface area contributed by atoms with Gasteiger partial charge in [0.25, 0.3) is 5.91 Å². The molecule has 6 nitrogen and oxygen atoms in total. The van der Waals surface area contributed by atoms with E-state index in [4.69, 9.17) is 0 Å². The van der Waals surface area contributed by atoms with Gasteiger partial charge in [-0.3, -0.25) is 9.10 Å². The van der Waals surface area contributed by atoms with Gasteiger partial charge in [-0.15, -0.1) is 0 Å². The minimum absolute atomic E-state index is 0.236. The van der Waals surface area contributed by atoms with Crippen LogP contribution in [-0.4, -0.2) is 26.3 Å². The number of amides is 1. The summed E-state index contributed by atoms with van der Waals surface area (Å²) >= 11 is 0. The molecule has 1 aliphatic rings. The molecule has 1 aliphatic carbocycles. The highest BCUT2D eigenvalue weighted by Crippen LogP contribution is 2.36. The number of carbonyl (C=O) groups is 1. The van der Waals surface area contributed by atoms with Crippen molar-refractivity contribution < 1.29 is 13.2 Å². The summed E-state index contributed by atoms with van der Waals surface area (Å²) in [6.45, 7) is 9.02. The third-order valence-electron chi connectivity index (χ3n) is 6.50. The summed E-state index contributed by atoms with van der Waals surface area (Å²) in [5, 5.41) is 4.35. The van der Waals surface area contributed by atoms with E-state index in [-0.39, 0.29) is 12.5 Å². The van der Waals surface area contributed by atoms with E-state index in [1.165, 1.54) is 10.6 Å². The van der Waals surface area contributed by atoms with Crippen molar-refractivity contribution >= 4 is 27.3 Å². The Hall–Kier alpha value is -2.67. The average molecular weight is 470 g/mol. The number of hydrogen-bond donors (Lipinski definition) is 1. The molecule has 3 rings (SSSR count). The monoisotopic (exact) mass is 469 g/mol. The van der Waals surface area contributed by atoms with Gasteiger partial charge in [-0.05, 0) is 79.3 Å². The van der Waals surface area contributed by atoms with Crippen LogP contribution in [0.5, 0.6) is 0 Å². The fraction of sp³-hybridized carbons (Fsp3) is 0.462. The maximum atomic E-state index is 12.6. The van der Waals surface area contributed by atoms with Crippen molar-refractivity contribution in [1.29, 1.82) is 0 Å². The van der Waals surface area contributed by atoms with E-state index in [0.29, 0.717) is 22.6 Å². The Balaban J connectivity index is 1.67. The van der Waals surface area contributed by atoms with Crippen LogP contribution in [0.3, 0.4) is 0 Å². The summed E-state index contributed by atoms with van der Waals surface area (Å²) in [5.74, 6) is 0.383. The zero-order valence-corrected chi connectivity index (χ0v) is 21.1. The first-order valence-corrected chi connectivity index (χ1v) is 13.3. The summed E-state index contributed by atoms with van der Waals surface area (Å²) in [6.07, 6.45) is 5.19. The average Bonchev–Trinajstić information content (AvgIpc) is 2.76. The van der Waals surface area contributed by atoms with Gasteiger partial charge >= 0.3 is 0 Å². The predicted molar refractivity (Wildman–Crippen MR) is 135 cm³/mol. The molecule has 1 fully saturated rings. The number of aryl methyl sites for hydroxylation is 1. The van der Waals surface area contributed by atoms with Crippen molar-refractivity contribution in [2.75, 3.05) is 10.6 Å². The maximum Gasteiger partial charge on any atom is 0.271 e. The topological polar surface area (TPSA) is 78.8 Å². The van der Waals surface area contributed by atoms with Crippen molar-refractivity contribution in [3.8, 4) is 0 Å². The van der Waals surface area contributed by atoms with Gasteiger partial charge in [0, 0.05) is 11.3 Å². The third kappa shape index (κ3) is 6.67. The molecular formula is C26H35N3O3S. The van der Waals surface area contributed by atoms with Gasteiger partial charge in [0.15, 0.2) is 0 Å². The lowest BCUT2D eigenvalue weighted by Gasteiger charge is -2.34. The van der Waals surface area contributed by atoms with Crippen LogP contribution in [0.2, 0.25) is 0 Å². The van der Waals surface area contributed by atoms with Crippen molar-refractivity contribution in [2.45, 2.75) is 59.9 Å². The van der Waals surface area contributed by atoms with Crippen molar-refractivity contribution in [1.82, 2.24) is 5.43 Å². The minimum Gasteiger partial charge on any atom is -0.267 e. The number of benzene rings is 2. The van der Waals surface area contributed by atoms with Crippen LogP contribution in [0.1, 0.15) is 67.9 Å². The number of nitrogens with one attached hydrogen (secondary N) is 1. The summed E-state index contributed by atoms with van der Waals surface area (Å²) in [6, 6.07) is 14.3. The molecule has 0 bridgehead atoms. The number of nitrogens with zero attached hydrogens (tertiary/aromatic N) is 2. The molecule has 2 aromatic carbocycles. The highest BCUT2D eigenvalue weighted by atomic mass is 32.2. The molecule has 7 heteroatoms. The molecule has 1 saturated carbocycles. The molecular weight excluding hydrogens is 434 g/mol. The molecule has 0 radical (unpaired) electrons. The van der Waals surface area contributed by atoms with Gasteiger partial charge < -0.3 is 0 Å². The van der Waals surface area contributed by atoms with E-state index in [1.807, 2.05) is 31.2 Å². The minimum atomic E-state index is -3.49. The quantitative estimate of drug-likeness (QED) is 0.584. The van der Waals surface area contributed by atoms with Crippen molar-refractivity contribution in [2.24, 2.45) is 16.4 Å². The third-order valence-corrected chi connectivity index (χ3v) is 7.64. The van der Waals surface area contributed by atoms with Crippen LogP contribution in [-0.2, 0) is 16.6 Å². The van der Waals surface area contributed by atoms with Crippen molar-refractivity contribution in [3.05, 3.63) is 65.2 Å². The highest BCUT2D eigenvalue weighted by Gasteiger charge is 2.28. The van der Waals surface area contributed by atoms with Crippen LogP contribution in [0, 0.1) is 18.3 Å². The molecule has 0 unspecified atom stereocenters. The SMILES string of the molecule is Cc1ccccc1CN(c1ccc(C(=O)NN=C2CCC(C(C)(C)C)CC2)cc1)S(C)(=O)=O. The number of hydrogen-bond acceptors (Lipinski definition) is 4. The lowest BCUT2D eigenvalue weighted by atomic mass is 9.72. The largest absolute Gasteiger partial charge is 0.271 e. The molecule has 1 N–H and O–H groups in total. The second-order valence-corrected chi connectivity index (χ2v) is 11.9. The van der Waals surface area contributed by atoms with E-state index >= 15 is 0 Å². The summed E-state index contributed by atoms with van der Waals surface area (Å²) in [4.78, 5) is 12.6. The standard InChI is InChI=1S/C26H35N3O3S/c1-19-8-6-7-9-21(19)18-29(33(5,31)32)24-16-10-20(11-17-24)25(30)28-27-23-14-12-22(13-15-23)26(2,3)4/h6-11,16-17,22H,12-15,18H2,1-5H3,(H,28,30). The molecule has 0 saturated heterocycles. The lowest BCUT2D eigenvalue weighted by molar-refractivity contribution is 0.0954. The zero-order chi connectivity index (χ0) is 24.2. The van der Waals surface area contributed by atoms with Gasteiger partial charge in [-0.2, -0.15) is 5.10 Å². The van der Waals surface area contributed by atoms with Crippen molar-refractivity contribution in [3.63, 3.8) is 0 Å². The van der Waals surface area contributed by atoms with E-state index < -0.39 is 10.0 Å². The van der Waals surface area contributed by atoms with E-state index in [9.17, 15) is 13.2 Å². The van der Waals surface area contributed by atoms with Crippen LogP contribution >= 0.6 is 0 Å². The van der Waals surface area contributed by atoms with E-state index in [1.54, 1.807) is 24.3 Å². The Morgan fingerprint density at radius 2 is 1.67 bits per heavy atom. The van der Waals surface area contributed by atoms with E-state index in [0.717, 1.165) is 42.5 Å². The number of hydrazone groups is 1. The van der Waals surface area contributed by atoms with Crippen LogP contribution in [0.15, 0.2) is 53.6 Å². The Morgan fingerprint density at radius 1 is 1.06 bits per heavy atom. The Bertz CT molecular complexity index is 1110. The van der Waals surface area contributed by atoms with Gasteiger partial charge in [0.05, 0.1) is 18.5 Å². The lowest BCUT2D eigenvalue weighted by Crippen LogP contribution is -2.29. The van der Waals surface area contributed by atoms with Gasteiger partial charge in [-0.1, -0.05) is 45.0 Å². The zero-order valence-electron chi connectivity index (χ0n) is 20.3. The normalized spacial score (nSPS) is 16.9. The fourth-order valence-corrected chi connectivity index (χ4v) is 5.12. The van der Waals surface area contributed by atoms with Gasteiger partial charge in [0.1, 0.15) is 0 Å². The number of anilines is 1. The molecule has 178 valence electrons. The molecule has 0 aromatic heterocycles. The first-order chi connectivity index (χ1) is 15.4. The fourth-order valence-electron chi connectivity index (χ4n) is 4.24. The second-order valence-electron chi connectivity index (χ2n) is 10.0. The van der Waals surface area contributed by atoms with Gasteiger partial charge in [-0.25, -0.2) is 13.8 Å². The molecule has 0 aliphatic heterocycles. The highest BCUT2D eigenvalue weighted by molar-refractivity contribution is 7.92. The number of carbonyl (C=O) groups excluding carboxylic acids is 1. The molecule has 0 atom stereocenters.